The Kier molecular flexibility index (Phi) is 7.39. The Bertz CT molecular complexity index is 314. The van der Waals surface area contributed by atoms with Crippen LogP contribution in [0.4, 0.5) is 0 Å². The fourth-order valence-corrected chi connectivity index (χ4v) is 1.54. The molecule has 6 heteroatoms. The van der Waals surface area contributed by atoms with Crippen molar-refractivity contribution in [2.75, 3.05) is 13.8 Å². The van der Waals surface area contributed by atoms with Crippen LogP contribution in [-0.4, -0.2) is 42.4 Å². The number of rotatable bonds is 5. The fraction of sp³-hybridized carbons (Fsp3) is 0.545. The van der Waals surface area contributed by atoms with E-state index in [-0.39, 0.29) is 24.7 Å². The van der Waals surface area contributed by atoms with Crippen molar-refractivity contribution in [2.24, 2.45) is 5.16 Å². The van der Waals surface area contributed by atoms with E-state index in [1.54, 1.807) is 0 Å². The Hall–Kier alpha value is -1.22. The van der Waals surface area contributed by atoms with Crippen LogP contribution in [-0.2, 0) is 4.74 Å². The lowest BCUT2D eigenvalue weighted by Crippen LogP contribution is -3.12. The molecular formula is C11H18ClN3O2. The van der Waals surface area contributed by atoms with Gasteiger partial charge in [-0.2, -0.15) is 0 Å². The highest BCUT2D eigenvalue weighted by molar-refractivity contribution is 5.61. The van der Waals surface area contributed by atoms with Crippen molar-refractivity contribution in [1.29, 1.82) is 0 Å². The van der Waals surface area contributed by atoms with Crippen LogP contribution in [0.1, 0.15) is 13.3 Å². The van der Waals surface area contributed by atoms with Crippen molar-refractivity contribution in [3.8, 4) is 12.3 Å². The van der Waals surface area contributed by atoms with E-state index in [2.05, 4.69) is 11.1 Å². The first kappa shape index (κ1) is 15.8. The maximum Gasteiger partial charge on any atom is 0.209 e. The Morgan fingerprint density at radius 1 is 1.76 bits per heavy atom. The summed E-state index contributed by atoms with van der Waals surface area (Å²) in [5.41, 5.74) is 0. The smallest absolute Gasteiger partial charge is 0.209 e. The van der Waals surface area contributed by atoms with Crippen LogP contribution in [0.2, 0.25) is 0 Å². The highest BCUT2D eigenvalue weighted by Gasteiger charge is 2.27. The minimum atomic E-state index is -0.154. The van der Waals surface area contributed by atoms with Gasteiger partial charge in [0, 0.05) is 7.05 Å². The molecule has 2 N–H and O–H groups in total. The third-order valence-electron chi connectivity index (χ3n) is 2.56. The van der Waals surface area contributed by atoms with Crippen molar-refractivity contribution in [1.82, 2.24) is 4.90 Å². The summed E-state index contributed by atoms with van der Waals surface area (Å²) >= 11 is 0. The number of terminal acetylenes is 1. The molecule has 0 aromatic carbocycles. The first-order chi connectivity index (χ1) is 7.72. The minimum Gasteiger partial charge on any atom is -1.00 e. The number of hydrogen-bond acceptors (Lipinski definition) is 4. The van der Waals surface area contributed by atoms with Gasteiger partial charge in [-0.25, -0.2) is 0 Å². The highest BCUT2D eigenvalue weighted by Crippen LogP contribution is 1.96. The molecule has 5 nitrogen and oxygen atoms in total. The molecule has 0 saturated heterocycles. The van der Waals surface area contributed by atoms with Gasteiger partial charge in [0.2, 0.25) is 6.17 Å². The molecule has 1 rings (SSSR count). The molecule has 0 spiro atoms. The third-order valence-corrected chi connectivity index (χ3v) is 2.56. The topological polar surface area (TPSA) is 49.5 Å². The fourth-order valence-electron chi connectivity index (χ4n) is 1.54. The van der Waals surface area contributed by atoms with Gasteiger partial charge in [-0.15, -0.1) is 6.42 Å². The van der Waals surface area contributed by atoms with Gasteiger partial charge in [0.15, 0.2) is 6.73 Å². The average molecular weight is 260 g/mol. The number of quaternary nitrogens is 1. The first-order valence-corrected chi connectivity index (χ1v) is 5.24. The average Bonchev–Trinajstić information content (AvgIpc) is 2.63. The molecule has 0 aromatic heterocycles. The van der Waals surface area contributed by atoms with Crippen LogP contribution in [0, 0.1) is 12.3 Å². The summed E-state index contributed by atoms with van der Waals surface area (Å²) in [6, 6.07) is 0. The molecule has 17 heavy (non-hydrogen) atoms. The van der Waals surface area contributed by atoms with Crippen LogP contribution in [0.5, 0.6) is 0 Å². The Labute approximate surface area is 108 Å². The lowest BCUT2D eigenvalue weighted by molar-refractivity contribution is -0.886. The van der Waals surface area contributed by atoms with Crippen molar-refractivity contribution in [3.05, 3.63) is 12.4 Å². The van der Waals surface area contributed by atoms with Crippen molar-refractivity contribution in [2.45, 2.75) is 25.6 Å². The Morgan fingerprint density at radius 2 is 2.47 bits per heavy atom. The molecule has 0 bridgehead atoms. The van der Waals surface area contributed by atoms with Gasteiger partial charge in [0.25, 0.3) is 0 Å². The van der Waals surface area contributed by atoms with E-state index in [1.807, 2.05) is 31.3 Å². The van der Waals surface area contributed by atoms with Crippen LogP contribution < -0.4 is 17.3 Å². The predicted molar refractivity (Wildman–Crippen MR) is 60.8 cm³/mol. The number of hydrogen-bond donors (Lipinski definition) is 2. The molecule has 1 aliphatic rings. The Morgan fingerprint density at radius 3 is 3.00 bits per heavy atom. The standard InChI is InChI=1S/C11H17N3O2.ClH/c1-4-10(5-2)16-9-14-7-6-13(3)11(14)8-12-15;/h1,6-8,10-11,15H,5,9H2,2-3H3;1H/b12-8-;. The summed E-state index contributed by atoms with van der Waals surface area (Å²) in [6.07, 6.45) is 11.2. The van der Waals surface area contributed by atoms with Gasteiger partial charge in [0.05, 0.1) is 6.20 Å². The van der Waals surface area contributed by atoms with E-state index >= 15 is 0 Å². The Balaban J connectivity index is 0.00000256. The van der Waals surface area contributed by atoms with Crippen molar-refractivity contribution in [3.63, 3.8) is 0 Å². The molecule has 0 aromatic rings. The summed E-state index contributed by atoms with van der Waals surface area (Å²) in [4.78, 5) is 2.98. The molecular weight excluding hydrogens is 242 g/mol. The molecule has 1 heterocycles. The zero-order chi connectivity index (χ0) is 12.0. The van der Waals surface area contributed by atoms with Crippen LogP contribution in [0.15, 0.2) is 17.6 Å². The van der Waals surface area contributed by atoms with Crippen LogP contribution in [0.25, 0.3) is 0 Å². The largest absolute Gasteiger partial charge is 1.00 e. The number of oxime groups is 1. The second-order valence-corrected chi connectivity index (χ2v) is 3.64. The highest BCUT2D eigenvalue weighted by atomic mass is 35.5. The van der Waals surface area contributed by atoms with E-state index in [1.165, 1.54) is 6.21 Å². The molecule has 0 fully saturated rings. The number of halogens is 1. The zero-order valence-corrected chi connectivity index (χ0v) is 10.8. The zero-order valence-electron chi connectivity index (χ0n) is 10.0. The maximum atomic E-state index is 8.56. The summed E-state index contributed by atoms with van der Waals surface area (Å²) in [5.74, 6) is 2.58. The second-order valence-electron chi connectivity index (χ2n) is 3.64. The third kappa shape index (κ3) is 4.27. The van der Waals surface area contributed by atoms with E-state index in [4.69, 9.17) is 16.4 Å². The lowest BCUT2D eigenvalue weighted by atomic mass is 10.3. The first-order valence-electron chi connectivity index (χ1n) is 5.24. The molecule has 3 atom stereocenters. The van der Waals surface area contributed by atoms with Gasteiger partial charge < -0.3 is 27.3 Å². The lowest BCUT2D eigenvalue weighted by Gasteiger charge is -2.22. The normalized spacial score (nSPS) is 24.6. The molecule has 0 saturated carbocycles. The van der Waals surface area contributed by atoms with Crippen molar-refractivity contribution < 1.29 is 27.3 Å². The van der Waals surface area contributed by atoms with E-state index in [9.17, 15) is 0 Å². The molecule has 3 unspecified atom stereocenters. The van der Waals surface area contributed by atoms with Gasteiger partial charge >= 0.3 is 0 Å². The predicted octanol–water partition coefficient (Wildman–Crippen LogP) is -3.54. The van der Waals surface area contributed by atoms with E-state index < -0.39 is 0 Å². The van der Waals surface area contributed by atoms with Gasteiger partial charge in [-0.1, -0.05) is 18.0 Å². The van der Waals surface area contributed by atoms with Gasteiger partial charge in [-0.05, 0) is 6.42 Å². The second kappa shape index (κ2) is 7.96. The number of nitrogens with one attached hydrogen (secondary N) is 1. The van der Waals surface area contributed by atoms with Crippen LogP contribution in [0.3, 0.4) is 0 Å². The summed E-state index contributed by atoms with van der Waals surface area (Å²) < 4.78 is 5.55. The molecule has 1 aliphatic heterocycles. The number of nitrogens with zero attached hydrogens (tertiary/aromatic N) is 2. The van der Waals surface area contributed by atoms with Crippen molar-refractivity contribution >= 4 is 6.21 Å². The maximum absolute atomic E-state index is 8.56. The van der Waals surface area contributed by atoms with E-state index in [0.29, 0.717) is 6.73 Å². The summed E-state index contributed by atoms with van der Waals surface area (Å²) in [7, 11) is 1.91. The molecule has 0 aliphatic carbocycles. The summed E-state index contributed by atoms with van der Waals surface area (Å²) in [5, 5.41) is 11.6. The monoisotopic (exact) mass is 259 g/mol. The van der Waals surface area contributed by atoms with Gasteiger partial charge in [0.1, 0.15) is 18.5 Å². The quantitative estimate of drug-likeness (QED) is 0.233. The van der Waals surface area contributed by atoms with Gasteiger partial charge in [-0.3, -0.25) is 4.90 Å². The SMILES string of the molecule is C#CC(CC)OC[NH+]1C=CN(C)C1/C=N\O.[Cl-]. The minimum absolute atomic E-state index is 0. The summed E-state index contributed by atoms with van der Waals surface area (Å²) in [6.45, 7) is 2.44. The number of ether oxygens (including phenoxy) is 1. The van der Waals surface area contributed by atoms with E-state index in [0.717, 1.165) is 11.3 Å². The van der Waals surface area contributed by atoms with Crippen LogP contribution >= 0.6 is 0 Å². The molecule has 0 radical (unpaired) electrons. The molecule has 0 amide bonds. The molecule has 96 valence electrons.